The van der Waals surface area contributed by atoms with Crippen LogP contribution >= 0.6 is 0 Å². The minimum atomic E-state index is 0.714. The summed E-state index contributed by atoms with van der Waals surface area (Å²) in [7, 11) is 2.16. The highest BCUT2D eigenvalue weighted by atomic mass is 15.3. The van der Waals surface area contributed by atoms with Gasteiger partial charge >= 0.3 is 0 Å². The Labute approximate surface area is 185 Å². The van der Waals surface area contributed by atoms with Crippen molar-refractivity contribution in [3.63, 3.8) is 0 Å². The number of likely N-dealkylation sites (N-methyl/N-ethyl adjacent to an activating group) is 1. The summed E-state index contributed by atoms with van der Waals surface area (Å²) in [6.45, 7) is 6.13. The van der Waals surface area contributed by atoms with Crippen LogP contribution in [0.25, 0.3) is 44.7 Å². The SMILES string of the molecule is Cc1cncc(-c2ccc3[nH]nc(-c4nc5nccc(N6CCN(C)CC6)c5[nH]4)c3c2)c1. The van der Waals surface area contributed by atoms with Crippen LogP contribution in [0.4, 0.5) is 5.69 Å². The molecular formula is C24H24N8. The number of aryl methyl sites for hydroxylation is 1. The molecule has 0 spiro atoms. The van der Waals surface area contributed by atoms with Gasteiger partial charge in [0.05, 0.1) is 11.2 Å². The minimum Gasteiger partial charge on any atom is -0.367 e. The van der Waals surface area contributed by atoms with Gasteiger partial charge < -0.3 is 14.8 Å². The maximum atomic E-state index is 4.79. The quantitative estimate of drug-likeness (QED) is 0.460. The second-order valence-electron chi connectivity index (χ2n) is 8.49. The predicted molar refractivity (Wildman–Crippen MR) is 127 cm³/mol. The molecule has 4 aromatic heterocycles. The van der Waals surface area contributed by atoms with Crippen molar-refractivity contribution in [2.24, 2.45) is 0 Å². The van der Waals surface area contributed by atoms with Gasteiger partial charge in [0.25, 0.3) is 0 Å². The first-order chi connectivity index (χ1) is 15.7. The van der Waals surface area contributed by atoms with E-state index in [0.717, 1.165) is 76.5 Å². The van der Waals surface area contributed by atoms with E-state index < -0.39 is 0 Å². The molecule has 0 radical (unpaired) electrons. The van der Waals surface area contributed by atoms with Crippen LogP contribution in [-0.4, -0.2) is 68.3 Å². The molecule has 1 saturated heterocycles. The Bertz CT molecular complexity index is 1420. The first-order valence-corrected chi connectivity index (χ1v) is 10.8. The van der Waals surface area contributed by atoms with Crippen molar-refractivity contribution in [2.45, 2.75) is 6.92 Å². The zero-order valence-electron chi connectivity index (χ0n) is 18.1. The summed E-state index contributed by atoms with van der Waals surface area (Å²) < 4.78 is 0. The molecule has 0 amide bonds. The van der Waals surface area contributed by atoms with E-state index in [2.05, 4.69) is 79.3 Å². The molecule has 8 nitrogen and oxygen atoms in total. The molecule has 8 heteroatoms. The van der Waals surface area contributed by atoms with Crippen LogP contribution in [0, 0.1) is 6.92 Å². The second kappa shape index (κ2) is 7.42. The molecule has 1 fully saturated rings. The summed E-state index contributed by atoms with van der Waals surface area (Å²) in [5, 5.41) is 8.74. The number of rotatable bonds is 3. The fourth-order valence-electron chi connectivity index (χ4n) is 4.41. The lowest BCUT2D eigenvalue weighted by molar-refractivity contribution is 0.313. The van der Waals surface area contributed by atoms with Crippen molar-refractivity contribution in [3.05, 3.63) is 54.5 Å². The highest BCUT2D eigenvalue weighted by Gasteiger charge is 2.20. The zero-order valence-corrected chi connectivity index (χ0v) is 18.1. The molecule has 1 aromatic carbocycles. The number of hydrogen-bond donors (Lipinski definition) is 2. The maximum absolute atomic E-state index is 4.79. The Morgan fingerprint density at radius 3 is 2.69 bits per heavy atom. The fourth-order valence-corrected chi connectivity index (χ4v) is 4.41. The monoisotopic (exact) mass is 424 g/mol. The average Bonchev–Trinajstić information content (AvgIpc) is 3.43. The highest BCUT2D eigenvalue weighted by Crippen LogP contribution is 2.32. The van der Waals surface area contributed by atoms with Crippen molar-refractivity contribution < 1.29 is 0 Å². The number of pyridine rings is 2. The Balaban J connectivity index is 1.44. The maximum Gasteiger partial charge on any atom is 0.180 e. The van der Waals surface area contributed by atoms with Crippen molar-refractivity contribution in [3.8, 4) is 22.6 Å². The average molecular weight is 425 g/mol. The van der Waals surface area contributed by atoms with Gasteiger partial charge in [-0.25, -0.2) is 9.97 Å². The fraction of sp³-hybridized carbons (Fsp3) is 0.250. The van der Waals surface area contributed by atoms with Crippen LogP contribution in [0.5, 0.6) is 0 Å². The smallest absolute Gasteiger partial charge is 0.180 e. The number of nitrogens with zero attached hydrogens (tertiary/aromatic N) is 6. The minimum absolute atomic E-state index is 0.714. The van der Waals surface area contributed by atoms with Gasteiger partial charge in [-0.3, -0.25) is 10.1 Å². The van der Waals surface area contributed by atoms with Gasteiger partial charge in [0.2, 0.25) is 0 Å². The lowest BCUT2D eigenvalue weighted by Gasteiger charge is -2.34. The molecule has 6 rings (SSSR count). The molecule has 0 aliphatic carbocycles. The summed E-state index contributed by atoms with van der Waals surface area (Å²) in [5.41, 5.74) is 7.91. The van der Waals surface area contributed by atoms with Crippen molar-refractivity contribution >= 4 is 27.8 Å². The number of piperazine rings is 1. The number of imidazole rings is 1. The van der Waals surface area contributed by atoms with Crippen LogP contribution in [-0.2, 0) is 0 Å². The molecule has 5 heterocycles. The molecule has 160 valence electrons. The van der Waals surface area contributed by atoms with E-state index in [1.165, 1.54) is 0 Å². The van der Waals surface area contributed by atoms with E-state index in [1.54, 1.807) is 0 Å². The van der Waals surface area contributed by atoms with E-state index in [1.807, 2.05) is 18.6 Å². The second-order valence-corrected chi connectivity index (χ2v) is 8.49. The molecule has 0 bridgehead atoms. The predicted octanol–water partition coefficient (Wildman–Crippen LogP) is 3.62. The number of H-pyrrole nitrogens is 2. The van der Waals surface area contributed by atoms with Crippen molar-refractivity contribution in [2.75, 3.05) is 38.1 Å². The molecule has 1 aliphatic rings. The van der Waals surface area contributed by atoms with Crippen LogP contribution in [0.1, 0.15) is 5.56 Å². The van der Waals surface area contributed by atoms with Gasteiger partial charge in [0.15, 0.2) is 11.5 Å². The van der Waals surface area contributed by atoms with E-state index >= 15 is 0 Å². The van der Waals surface area contributed by atoms with Gasteiger partial charge in [-0.15, -0.1) is 0 Å². The number of aromatic nitrogens is 6. The molecule has 0 unspecified atom stereocenters. The van der Waals surface area contributed by atoms with Gasteiger partial charge in [-0.05, 0) is 49.4 Å². The topological polar surface area (TPSA) is 89.6 Å². The van der Waals surface area contributed by atoms with Gasteiger partial charge in [-0.2, -0.15) is 5.10 Å². The largest absolute Gasteiger partial charge is 0.367 e. The third-order valence-corrected chi connectivity index (χ3v) is 6.21. The third kappa shape index (κ3) is 3.20. The number of hydrogen-bond acceptors (Lipinski definition) is 6. The van der Waals surface area contributed by atoms with E-state index in [4.69, 9.17) is 4.98 Å². The van der Waals surface area contributed by atoms with Crippen LogP contribution in [0.15, 0.2) is 48.9 Å². The van der Waals surface area contributed by atoms with E-state index in [-0.39, 0.29) is 0 Å². The lowest BCUT2D eigenvalue weighted by atomic mass is 10.0. The molecule has 0 atom stereocenters. The number of aromatic amines is 2. The van der Waals surface area contributed by atoms with Gasteiger partial charge in [0, 0.05) is 55.7 Å². The van der Waals surface area contributed by atoms with Crippen LogP contribution in [0.3, 0.4) is 0 Å². The normalized spacial score (nSPS) is 15.1. The molecule has 0 saturated carbocycles. The van der Waals surface area contributed by atoms with Crippen molar-refractivity contribution in [1.29, 1.82) is 0 Å². The van der Waals surface area contributed by atoms with Crippen LogP contribution < -0.4 is 4.90 Å². The van der Waals surface area contributed by atoms with E-state index in [9.17, 15) is 0 Å². The number of fused-ring (bicyclic) bond motifs is 2. The van der Waals surface area contributed by atoms with E-state index in [0.29, 0.717) is 5.65 Å². The molecule has 1 aliphatic heterocycles. The first kappa shape index (κ1) is 18.9. The Morgan fingerprint density at radius 2 is 1.84 bits per heavy atom. The number of nitrogens with one attached hydrogen (secondary N) is 2. The molecule has 32 heavy (non-hydrogen) atoms. The van der Waals surface area contributed by atoms with Gasteiger partial charge in [-0.1, -0.05) is 6.07 Å². The number of anilines is 1. The number of benzene rings is 1. The zero-order chi connectivity index (χ0) is 21.7. The Kier molecular flexibility index (Phi) is 4.39. The summed E-state index contributed by atoms with van der Waals surface area (Å²) in [4.78, 5) is 21.9. The Morgan fingerprint density at radius 1 is 0.969 bits per heavy atom. The first-order valence-electron chi connectivity index (χ1n) is 10.8. The third-order valence-electron chi connectivity index (χ3n) is 6.21. The van der Waals surface area contributed by atoms with Gasteiger partial charge in [0.1, 0.15) is 11.2 Å². The summed E-state index contributed by atoms with van der Waals surface area (Å²) in [6, 6.07) is 10.5. The standard InChI is InChI=1S/C24H24N8/c1-15-11-17(14-25-13-15)16-3-4-19-18(12-16)21(30-29-19)24-27-22-20(5-6-26-23(22)28-24)32-9-7-31(2)8-10-32/h3-6,11-14H,7-10H2,1-2H3,(H,29,30)(H,26,27,28). The molecule has 5 aromatic rings. The summed E-state index contributed by atoms with van der Waals surface area (Å²) >= 11 is 0. The summed E-state index contributed by atoms with van der Waals surface area (Å²) in [6.07, 6.45) is 5.60. The van der Waals surface area contributed by atoms with Crippen LogP contribution in [0.2, 0.25) is 0 Å². The molecular weight excluding hydrogens is 400 g/mol. The lowest BCUT2D eigenvalue weighted by Crippen LogP contribution is -2.44. The molecule has 2 N–H and O–H groups in total. The summed E-state index contributed by atoms with van der Waals surface area (Å²) in [5.74, 6) is 0.722. The highest BCUT2D eigenvalue weighted by molar-refractivity contribution is 5.96. The van der Waals surface area contributed by atoms with Crippen molar-refractivity contribution in [1.82, 2.24) is 35.0 Å². The Hall–Kier alpha value is -3.78.